The SMILES string of the molecule is C=NC(C)C(C)C(C)CC. The highest BCUT2D eigenvalue weighted by Gasteiger charge is 2.15. The fourth-order valence-electron chi connectivity index (χ4n) is 1.01. The minimum absolute atomic E-state index is 0.412. The molecule has 0 fully saturated rings. The Balaban J connectivity index is 3.80. The van der Waals surface area contributed by atoms with Crippen LogP contribution < -0.4 is 0 Å². The molecular weight excluding hydrogens is 122 g/mol. The molecule has 10 heavy (non-hydrogen) atoms. The second kappa shape index (κ2) is 4.48. The Morgan fingerprint density at radius 3 is 2.10 bits per heavy atom. The molecule has 0 aromatic rings. The highest BCUT2D eigenvalue weighted by atomic mass is 14.7. The van der Waals surface area contributed by atoms with Crippen LogP contribution in [-0.4, -0.2) is 12.8 Å². The second-order valence-electron chi connectivity index (χ2n) is 3.17. The van der Waals surface area contributed by atoms with E-state index in [0.717, 1.165) is 5.92 Å². The van der Waals surface area contributed by atoms with Crippen LogP contribution in [0.4, 0.5) is 0 Å². The molecule has 3 unspecified atom stereocenters. The van der Waals surface area contributed by atoms with Crippen molar-refractivity contribution in [3.05, 3.63) is 0 Å². The first kappa shape index (κ1) is 9.67. The molecule has 1 heteroatoms. The van der Waals surface area contributed by atoms with Crippen LogP contribution in [0.3, 0.4) is 0 Å². The highest BCUT2D eigenvalue weighted by Crippen LogP contribution is 2.19. The van der Waals surface area contributed by atoms with Gasteiger partial charge in [-0.15, -0.1) is 0 Å². The minimum atomic E-state index is 0.412. The smallest absolute Gasteiger partial charge is 0.0492 e. The third kappa shape index (κ3) is 2.51. The lowest BCUT2D eigenvalue weighted by Crippen LogP contribution is -2.18. The van der Waals surface area contributed by atoms with Gasteiger partial charge in [0, 0.05) is 6.04 Å². The molecule has 0 spiro atoms. The Labute approximate surface area is 64.6 Å². The Bertz CT molecular complexity index is 98.9. The molecule has 60 valence electrons. The van der Waals surface area contributed by atoms with Crippen LogP contribution in [0.1, 0.15) is 34.1 Å². The lowest BCUT2D eigenvalue weighted by molar-refractivity contribution is 0.332. The average molecular weight is 141 g/mol. The Kier molecular flexibility index (Phi) is 4.33. The standard InChI is InChI=1S/C9H19N/c1-6-7(2)8(3)9(4)10-5/h7-9H,5-6H2,1-4H3. The van der Waals surface area contributed by atoms with Crippen LogP contribution in [-0.2, 0) is 0 Å². The minimum Gasteiger partial charge on any atom is -0.298 e. The molecule has 0 amide bonds. The van der Waals surface area contributed by atoms with Gasteiger partial charge in [0.2, 0.25) is 0 Å². The quantitative estimate of drug-likeness (QED) is 0.534. The molecule has 0 radical (unpaired) electrons. The molecule has 0 aliphatic carbocycles. The van der Waals surface area contributed by atoms with E-state index in [1.807, 2.05) is 0 Å². The molecule has 1 nitrogen and oxygen atoms in total. The zero-order valence-electron chi connectivity index (χ0n) is 7.59. The molecule has 0 aromatic carbocycles. The molecule has 3 atom stereocenters. The maximum Gasteiger partial charge on any atom is 0.0492 e. The van der Waals surface area contributed by atoms with Crippen LogP contribution in [0.5, 0.6) is 0 Å². The van der Waals surface area contributed by atoms with Crippen LogP contribution >= 0.6 is 0 Å². The van der Waals surface area contributed by atoms with Crippen molar-refractivity contribution >= 4 is 6.72 Å². The van der Waals surface area contributed by atoms with E-state index in [4.69, 9.17) is 0 Å². The van der Waals surface area contributed by atoms with Crippen molar-refractivity contribution in [2.75, 3.05) is 0 Å². The summed E-state index contributed by atoms with van der Waals surface area (Å²) in [4.78, 5) is 4.01. The van der Waals surface area contributed by atoms with Crippen LogP contribution in [0.25, 0.3) is 0 Å². The normalized spacial score (nSPS) is 19.6. The van der Waals surface area contributed by atoms with Gasteiger partial charge >= 0.3 is 0 Å². The summed E-state index contributed by atoms with van der Waals surface area (Å²) in [5.41, 5.74) is 0. The molecule has 0 aliphatic heterocycles. The number of hydrogen-bond donors (Lipinski definition) is 0. The van der Waals surface area contributed by atoms with Gasteiger partial charge in [0.25, 0.3) is 0 Å². The van der Waals surface area contributed by atoms with E-state index in [9.17, 15) is 0 Å². The number of nitrogens with zero attached hydrogens (tertiary/aromatic N) is 1. The van der Waals surface area contributed by atoms with E-state index >= 15 is 0 Å². The van der Waals surface area contributed by atoms with Crippen LogP contribution in [0, 0.1) is 11.8 Å². The van der Waals surface area contributed by atoms with E-state index in [1.165, 1.54) is 6.42 Å². The summed E-state index contributed by atoms with van der Waals surface area (Å²) in [5, 5.41) is 0. The molecular formula is C9H19N. The van der Waals surface area contributed by atoms with Gasteiger partial charge in [0.05, 0.1) is 0 Å². The molecule has 0 aromatic heterocycles. The summed E-state index contributed by atoms with van der Waals surface area (Å²) in [5.74, 6) is 1.43. The van der Waals surface area contributed by atoms with E-state index in [2.05, 4.69) is 39.4 Å². The average Bonchev–Trinajstić information content (AvgIpc) is 2.00. The van der Waals surface area contributed by atoms with Gasteiger partial charge in [-0.05, 0) is 25.5 Å². The van der Waals surface area contributed by atoms with Gasteiger partial charge in [-0.1, -0.05) is 27.2 Å². The summed E-state index contributed by atoms with van der Waals surface area (Å²) in [6.45, 7) is 12.4. The van der Waals surface area contributed by atoms with Gasteiger partial charge in [-0.25, -0.2) is 0 Å². The van der Waals surface area contributed by atoms with Crippen molar-refractivity contribution in [3.8, 4) is 0 Å². The van der Waals surface area contributed by atoms with Gasteiger partial charge < -0.3 is 0 Å². The third-order valence-corrected chi connectivity index (χ3v) is 2.59. The lowest BCUT2D eigenvalue weighted by Gasteiger charge is -2.21. The predicted molar refractivity (Wildman–Crippen MR) is 47.6 cm³/mol. The van der Waals surface area contributed by atoms with Crippen molar-refractivity contribution in [1.82, 2.24) is 0 Å². The predicted octanol–water partition coefficient (Wildman–Crippen LogP) is 2.76. The highest BCUT2D eigenvalue weighted by molar-refractivity contribution is 5.24. The molecule has 0 rings (SSSR count). The first-order chi connectivity index (χ1) is 4.63. The summed E-state index contributed by atoms with van der Waals surface area (Å²) in [7, 11) is 0. The van der Waals surface area contributed by atoms with Crippen molar-refractivity contribution in [2.24, 2.45) is 16.8 Å². The molecule has 0 saturated heterocycles. The van der Waals surface area contributed by atoms with Crippen LogP contribution in [0.15, 0.2) is 4.99 Å². The van der Waals surface area contributed by atoms with E-state index in [0.29, 0.717) is 12.0 Å². The lowest BCUT2D eigenvalue weighted by atomic mass is 9.88. The first-order valence-corrected chi connectivity index (χ1v) is 4.09. The van der Waals surface area contributed by atoms with E-state index < -0.39 is 0 Å². The zero-order valence-corrected chi connectivity index (χ0v) is 7.59. The largest absolute Gasteiger partial charge is 0.298 e. The summed E-state index contributed by atoms with van der Waals surface area (Å²) < 4.78 is 0. The molecule has 0 heterocycles. The summed E-state index contributed by atoms with van der Waals surface area (Å²) in [6.07, 6.45) is 1.24. The zero-order chi connectivity index (χ0) is 8.15. The fraction of sp³-hybridized carbons (Fsp3) is 0.889. The van der Waals surface area contributed by atoms with Crippen molar-refractivity contribution in [2.45, 2.75) is 40.2 Å². The molecule has 0 aliphatic rings. The van der Waals surface area contributed by atoms with Crippen LogP contribution in [0.2, 0.25) is 0 Å². The van der Waals surface area contributed by atoms with Crippen molar-refractivity contribution < 1.29 is 0 Å². The second-order valence-corrected chi connectivity index (χ2v) is 3.17. The third-order valence-electron chi connectivity index (χ3n) is 2.59. The van der Waals surface area contributed by atoms with E-state index in [-0.39, 0.29) is 0 Å². The Morgan fingerprint density at radius 2 is 1.80 bits per heavy atom. The number of hydrogen-bond acceptors (Lipinski definition) is 1. The Hall–Kier alpha value is -0.330. The molecule has 0 N–H and O–H groups in total. The first-order valence-electron chi connectivity index (χ1n) is 4.09. The van der Waals surface area contributed by atoms with Gasteiger partial charge in [0.15, 0.2) is 0 Å². The van der Waals surface area contributed by atoms with E-state index in [1.54, 1.807) is 0 Å². The monoisotopic (exact) mass is 141 g/mol. The molecule has 0 saturated carbocycles. The maximum atomic E-state index is 4.01. The van der Waals surface area contributed by atoms with Gasteiger partial charge in [-0.2, -0.15) is 0 Å². The molecule has 0 bridgehead atoms. The fourth-order valence-corrected chi connectivity index (χ4v) is 1.01. The van der Waals surface area contributed by atoms with Crippen molar-refractivity contribution in [1.29, 1.82) is 0 Å². The Morgan fingerprint density at radius 1 is 1.30 bits per heavy atom. The summed E-state index contributed by atoms with van der Waals surface area (Å²) in [6, 6.07) is 0.412. The van der Waals surface area contributed by atoms with Gasteiger partial charge in [-0.3, -0.25) is 4.99 Å². The maximum absolute atomic E-state index is 4.01. The van der Waals surface area contributed by atoms with Crippen molar-refractivity contribution in [3.63, 3.8) is 0 Å². The van der Waals surface area contributed by atoms with Gasteiger partial charge in [0.1, 0.15) is 0 Å². The summed E-state index contributed by atoms with van der Waals surface area (Å²) >= 11 is 0. The number of aliphatic imine (C=N–C) groups is 1. The number of rotatable bonds is 4. The topological polar surface area (TPSA) is 12.4 Å².